The van der Waals surface area contributed by atoms with E-state index in [2.05, 4.69) is 20.9 Å². The van der Waals surface area contributed by atoms with Crippen LogP contribution in [0.3, 0.4) is 0 Å². The number of nitrogens with one attached hydrogen (secondary N) is 4. The third-order valence-corrected chi connectivity index (χ3v) is 8.07. The number of aliphatic hydroxyl groups is 2. The van der Waals surface area contributed by atoms with Crippen molar-refractivity contribution < 1.29 is 34.2 Å². The van der Waals surface area contributed by atoms with Crippen molar-refractivity contribution in [3.8, 4) is 0 Å². The van der Waals surface area contributed by atoms with Gasteiger partial charge in [0.25, 0.3) is 17.4 Å². The molecule has 0 saturated carbocycles. The summed E-state index contributed by atoms with van der Waals surface area (Å²) in [6.45, 7) is 1.85. The lowest BCUT2D eigenvalue weighted by Crippen LogP contribution is -2.92. The van der Waals surface area contributed by atoms with Gasteiger partial charge in [0.15, 0.2) is 6.04 Å². The number of guanidine groups is 2. The average molecular weight is 523 g/mol. The normalized spacial score (nSPS) is 29.6. The second-order valence-electron chi connectivity index (χ2n) is 10.4. The van der Waals surface area contributed by atoms with E-state index in [0.717, 1.165) is 21.2 Å². The van der Waals surface area contributed by atoms with Crippen LogP contribution >= 0.6 is 0 Å². The van der Waals surface area contributed by atoms with E-state index in [9.17, 15) is 24.6 Å². The van der Waals surface area contributed by atoms with Crippen molar-refractivity contribution in [1.82, 2.24) is 20.9 Å². The number of amides is 3. The number of hydrogen-bond donors (Lipinski definition) is 8. The van der Waals surface area contributed by atoms with Crippen molar-refractivity contribution >= 4 is 40.4 Å². The Morgan fingerprint density at radius 1 is 1.21 bits per heavy atom. The summed E-state index contributed by atoms with van der Waals surface area (Å²) < 4.78 is 1.51. The third-order valence-electron chi connectivity index (χ3n) is 8.07. The maximum Gasteiger partial charge on any atom is 0.347 e. The standard InChI is InChI=1S/C25H28N8O5/c1-12-5-6-14-13(9-12)3-2-4-15(14)21(36)29-17-11-33-23(27)28-16(10-32-18(34)7-8-19(32)35)20-24(33,25(17,37)38)31-22(26)30-20/h2-6,9,16-17,20,37-38H,7-8,10-11H2,1H3,(H6,26,27,28,29,30,31,36)/p+2/t16-,17?,20-,24-/m0/s1. The first kappa shape index (κ1) is 24.1. The minimum Gasteiger partial charge on any atom is -0.358 e. The lowest BCUT2D eigenvalue weighted by molar-refractivity contribution is -0.674. The van der Waals surface area contributed by atoms with Gasteiger partial charge in [0.05, 0.1) is 13.1 Å². The Morgan fingerprint density at radius 3 is 2.68 bits per heavy atom. The predicted octanol–water partition coefficient (Wildman–Crippen LogP) is -4.55. The summed E-state index contributed by atoms with van der Waals surface area (Å²) in [5.74, 6) is -3.54. The average Bonchev–Trinajstić information content (AvgIpc) is 3.46. The van der Waals surface area contributed by atoms with Gasteiger partial charge in [0.1, 0.15) is 12.1 Å². The summed E-state index contributed by atoms with van der Waals surface area (Å²) >= 11 is 0. The van der Waals surface area contributed by atoms with Crippen LogP contribution in [0.1, 0.15) is 28.8 Å². The number of hydrogen-bond acceptors (Lipinski definition) is 9. The zero-order valence-corrected chi connectivity index (χ0v) is 20.7. The number of nitrogens with two attached hydrogens (primary N) is 2. The number of benzene rings is 2. The third kappa shape index (κ3) is 3.28. The van der Waals surface area contributed by atoms with Gasteiger partial charge in [-0.2, -0.15) is 0 Å². The van der Waals surface area contributed by atoms with E-state index in [4.69, 9.17) is 11.5 Å². The molecule has 13 nitrogen and oxygen atoms in total. The molecule has 3 amide bonds. The molecule has 198 valence electrons. The molecule has 10 N–H and O–H groups in total. The molecule has 0 radical (unpaired) electrons. The second-order valence-corrected chi connectivity index (χ2v) is 10.4. The fourth-order valence-electron chi connectivity index (χ4n) is 6.25. The van der Waals surface area contributed by atoms with Crippen molar-refractivity contribution in [2.75, 3.05) is 13.1 Å². The van der Waals surface area contributed by atoms with Crippen LogP contribution in [0.5, 0.6) is 0 Å². The van der Waals surface area contributed by atoms with Crippen LogP contribution in [-0.2, 0) is 9.59 Å². The molecule has 1 unspecified atom stereocenters. The van der Waals surface area contributed by atoms with Crippen LogP contribution in [0, 0.1) is 6.92 Å². The fraction of sp³-hybridized carbons (Fsp3) is 0.400. The Morgan fingerprint density at radius 2 is 1.95 bits per heavy atom. The van der Waals surface area contributed by atoms with Gasteiger partial charge < -0.3 is 15.5 Å². The van der Waals surface area contributed by atoms with Gasteiger partial charge in [-0.25, -0.2) is 9.89 Å². The van der Waals surface area contributed by atoms with E-state index < -0.39 is 35.5 Å². The number of imide groups is 1. The number of carbonyl (C=O) groups excluding carboxylic acids is 3. The van der Waals surface area contributed by atoms with Crippen LogP contribution in [0.2, 0.25) is 0 Å². The Hall–Kier alpha value is -4.23. The van der Waals surface area contributed by atoms with Crippen LogP contribution in [-0.4, -0.2) is 92.0 Å². The first-order valence-electron chi connectivity index (χ1n) is 12.4. The lowest BCUT2D eigenvalue weighted by Gasteiger charge is -2.41. The number of fused-ring (bicyclic) bond motifs is 1. The molecule has 6 rings (SSSR count). The highest BCUT2D eigenvalue weighted by Crippen LogP contribution is 2.38. The number of rotatable bonds is 4. The van der Waals surface area contributed by atoms with E-state index in [1.165, 1.54) is 4.58 Å². The first-order chi connectivity index (χ1) is 18.0. The number of likely N-dealkylation sites (tertiary alicyclic amines) is 1. The summed E-state index contributed by atoms with van der Waals surface area (Å²) in [6.07, 6.45) is 0.247. The Balaban J connectivity index is 1.34. The summed E-state index contributed by atoms with van der Waals surface area (Å²) in [5.41, 5.74) is 12.2. The summed E-state index contributed by atoms with van der Waals surface area (Å²) in [5, 5.41) is 33.7. The summed E-state index contributed by atoms with van der Waals surface area (Å²) in [7, 11) is 0. The molecule has 2 aromatic rings. The molecule has 2 saturated heterocycles. The first-order valence-corrected chi connectivity index (χ1v) is 12.4. The van der Waals surface area contributed by atoms with Gasteiger partial charge >= 0.3 is 11.9 Å². The maximum absolute atomic E-state index is 13.4. The van der Waals surface area contributed by atoms with E-state index in [0.29, 0.717) is 5.56 Å². The van der Waals surface area contributed by atoms with Crippen molar-refractivity contribution in [2.45, 2.75) is 49.3 Å². The fourth-order valence-corrected chi connectivity index (χ4v) is 6.25. The Bertz CT molecular complexity index is 1450. The molecular weight excluding hydrogens is 492 g/mol. The lowest BCUT2D eigenvalue weighted by atomic mass is 9.85. The van der Waals surface area contributed by atoms with Gasteiger partial charge in [-0.3, -0.25) is 41.1 Å². The molecule has 38 heavy (non-hydrogen) atoms. The maximum atomic E-state index is 13.4. The van der Waals surface area contributed by atoms with Gasteiger partial charge in [0, 0.05) is 18.4 Å². The molecule has 0 aliphatic carbocycles. The quantitative estimate of drug-likeness (QED) is 0.111. The zero-order valence-electron chi connectivity index (χ0n) is 20.7. The van der Waals surface area contributed by atoms with Crippen molar-refractivity contribution in [2.24, 2.45) is 11.5 Å². The van der Waals surface area contributed by atoms with Crippen molar-refractivity contribution in [1.29, 1.82) is 0 Å². The monoisotopic (exact) mass is 522 g/mol. The van der Waals surface area contributed by atoms with Gasteiger partial charge in [-0.15, -0.1) is 0 Å². The SMILES string of the molecule is Cc1ccc2c(C(=O)NC3C[N+]4=C(N)N[C@@H](CN5C(=O)CCC5=O)[C@@H]5[NH+]=C(N)N[C@@]54C3(O)O)cccc2c1. The predicted molar refractivity (Wildman–Crippen MR) is 134 cm³/mol. The molecular formula is C25H30N8O5+2. The highest BCUT2D eigenvalue weighted by molar-refractivity contribution is 6.07. The molecule has 4 aliphatic heterocycles. The molecule has 13 heteroatoms. The van der Waals surface area contributed by atoms with E-state index in [-0.39, 0.29) is 49.7 Å². The smallest absolute Gasteiger partial charge is 0.347 e. The topological polar surface area (TPSA) is 200 Å². The molecule has 1 spiro atoms. The van der Waals surface area contributed by atoms with E-state index in [1.807, 2.05) is 31.2 Å². The minimum atomic E-state index is -2.58. The van der Waals surface area contributed by atoms with Crippen LogP contribution in [0.15, 0.2) is 36.4 Å². The van der Waals surface area contributed by atoms with Gasteiger partial charge in [0.2, 0.25) is 11.8 Å². The van der Waals surface area contributed by atoms with E-state index in [1.54, 1.807) is 12.1 Å². The molecule has 0 aromatic heterocycles. The zero-order chi connectivity index (χ0) is 27.0. The Labute approximate surface area is 217 Å². The number of aryl methyl sites for hydroxylation is 1. The van der Waals surface area contributed by atoms with Crippen LogP contribution in [0.4, 0.5) is 0 Å². The van der Waals surface area contributed by atoms with Crippen molar-refractivity contribution in [3.63, 3.8) is 0 Å². The van der Waals surface area contributed by atoms with Gasteiger partial charge in [-0.05, 0) is 23.8 Å². The van der Waals surface area contributed by atoms with E-state index >= 15 is 0 Å². The molecule has 4 aliphatic rings. The van der Waals surface area contributed by atoms with Gasteiger partial charge in [-0.1, -0.05) is 35.9 Å². The number of nitrogens with zero attached hydrogens (tertiary/aromatic N) is 2. The molecule has 0 bridgehead atoms. The van der Waals surface area contributed by atoms with Crippen LogP contribution in [0.25, 0.3) is 10.8 Å². The molecule has 2 aromatic carbocycles. The Kier molecular flexibility index (Phi) is 5.16. The number of carbonyl (C=O) groups is 3. The molecule has 2 fully saturated rings. The highest BCUT2D eigenvalue weighted by atomic mass is 16.5. The summed E-state index contributed by atoms with van der Waals surface area (Å²) in [6, 6.07) is 8.36. The largest absolute Gasteiger partial charge is 0.358 e. The van der Waals surface area contributed by atoms with Crippen LogP contribution < -0.4 is 32.4 Å². The highest BCUT2D eigenvalue weighted by Gasteiger charge is 2.78. The molecule has 4 heterocycles. The summed E-state index contributed by atoms with van der Waals surface area (Å²) in [4.78, 5) is 42.2. The molecule has 4 atom stereocenters. The van der Waals surface area contributed by atoms with Crippen molar-refractivity contribution in [3.05, 3.63) is 47.5 Å². The minimum absolute atomic E-state index is 0.0525. The second kappa shape index (κ2) is 8.13.